The van der Waals surface area contributed by atoms with Gasteiger partial charge in [0.2, 0.25) is 0 Å². The third-order valence-electron chi connectivity index (χ3n) is 2.66. The van der Waals surface area contributed by atoms with Crippen molar-refractivity contribution in [3.63, 3.8) is 0 Å². The molecule has 1 aromatic heterocycles. The first-order valence-electron chi connectivity index (χ1n) is 5.43. The minimum Gasteiger partial charge on any atom is -0.261 e. The van der Waals surface area contributed by atoms with E-state index in [2.05, 4.69) is 30.7 Å². The van der Waals surface area contributed by atoms with Gasteiger partial charge in [-0.25, -0.2) is 0 Å². The van der Waals surface area contributed by atoms with E-state index in [1.165, 1.54) is 25.7 Å². The van der Waals surface area contributed by atoms with Crippen molar-refractivity contribution in [1.82, 2.24) is 9.97 Å². The summed E-state index contributed by atoms with van der Waals surface area (Å²) >= 11 is 0. The minimum atomic E-state index is 0.170. The highest BCUT2D eigenvalue weighted by atomic mass is 14.8. The molecule has 0 spiro atoms. The Bertz CT molecular complexity index is 254. The SMILES string of the molecule is CCCCCC(C)(C)c1cnccn1. The second-order valence-electron chi connectivity index (χ2n) is 4.43. The quantitative estimate of drug-likeness (QED) is 0.669. The van der Waals surface area contributed by atoms with Crippen LogP contribution >= 0.6 is 0 Å². The summed E-state index contributed by atoms with van der Waals surface area (Å²) in [4.78, 5) is 8.48. The predicted molar refractivity (Wildman–Crippen MR) is 59.2 cm³/mol. The summed E-state index contributed by atoms with van der Waals surface area (Å²) in [7, 11) is 0. The first kappa shape index (κ1) is 11.2. The van der Waals surface area contributed by atoms with Crippen LogP contribution in [-0.4, -0.2) is 9.97 Å². The summed E-state index contributed by atoms with van der Waals surface area (Å²) in [5.74, 6) is 0. The van der Waals surface area contributed by atoms with Crippen molar-refractivity contribution < 1.29 is 0 Å². The lowest BCUT2D eigenvalue weighted by atomic mass is 9.84. The third kappa shape index (κ3) is 3.09. The fraction of sp³-hybridized carbons (Fsp3) is 0.667. The van der Waals surface area contributed by atoms with Crippen LogP contribution in [0.1, 0.15) is 52.1 Å². The van der Waals surface area contributed by atoms with Gasteiger partial charge in [-0.2, -0.15) is 0 Å². The summed E-state index contributed by atoms with van der Waals surface area (Å²) < 4.78 is 0. The van der Waals surface area contributed by atoms with Crippen LogP contribution in [0.25, 0.3) is 0 Å². The molecule has 0 atom stereocenters. The van der Waals surface area contributed by atoms with Gasteiger partial charge in [0.1, 0.15) is 0 Å². The molecule has 0 unspecified atom stereocenters. The number of nitrogens with zero attached hydrogens (tertiary/aromatic N) is 2. The molecule has 2 nitrogen and oxygen atoms in total. The third-order valence-corrected chi connectivity index (χ3v) is 2.66. The Kier molecular flexibility index (Phi) is 4.05. The smallest absolute Gasteiger partial charge is 0.0642 e. The zero-order valence-electron chi connectivity index (χ0n) is 9.45. The van der Waals surface area contributed by atoms with Crippen LogP contribution in [0.2, 0.25) is 0 Å². The fourth-order valence-corrected chi connectivity index (χ4v) is 1.59. The van der Waals surface area contributed by atoms with Crippen molar-refractivity contribution in [2.24, 2.45) is 0 Å². The molecule has 0 fully saturated rings. The van der Waals surface area contributed by atoms with E-state index in [4.69, 9.17) is 0 Å². The first-order chi connectivity index (χ1) is 6.67. The molecule has 0 aromatic carbocycles. The average molecular weight is 192 g/mol. The first-order valence-corrected chi connectivity index (χ1v) is 5.43. The number of rotatable bonds is 5. The van der Waals surface area contributed by atoms with Crippen LogP contribution in [0.3, 0.4) is 0 Å². The normalized spacial score (nSPS) is 11.6. The van der Waals surface area contributed by atoms with Gasteiger partial charge in [-0.05, 0) is 6.42 Å². The maximum absolute atomic E-state index is 4.37. The van der Waals surface area contributed by atoms with Crippen LogP contribution in [-0.2, 0) is 5.41 Å². The summed E-state index contributed by atoms with van der Waals surface area (Å²) in [6.07, 6.45) is 10.4. The number of unbranched alkanes of at least 4 members (excludes halogenated alkanes) is 2. The second-order valence-corrected chi connectivity index (χ2v) is 4.43. The molecule has 0 aliphatic heterocycles. The maximum atomic E-state index is 4.37. The molecule has 1 aromatic rings. The Morgan fingerprint density at radius 2 is 2.00 bits per heavy atom. The highest BCUT2D eigenvalue weighted by Crippen LogP contribution is 2.26. The van der Waals surface area contributed by atoms with E-state index in [9.17, 15) is 0 Å². The lowest BCUT2D eigenvalue weighted by Gasteiger charge is -2.23. The van der Waals surface area contributed by atoms with Crippen LogP contribution in [0.15, 0.2) is 18.6 Å². The molecular formula is C12H20N2. The van der Waals surface area contributed by atoms with Crippen LogP contribution < -0.4 is 0 Å². The monoisotopic (exact) mass is 192 g/mol. The van der Waals surface area contributed by atoms with Gasteiger partial charge in [-0.3, -0.25) is 9.97 Å². The van der Waals surface area contributed by atoms with Crippen molar-refractivity contribution >= 4 is 0 Å². The highest BCUT2D eigenvalue weighted by Gasteiger charge is 2.21. The van der Waals surface area contributed by atoms with Gasteiger partial charge in [-0.15, -0.1) is 0 Å². The molecule has 0 aliphatic carbocycles. The molecule has 14 heavy (non-hydrogen) atoms. The van der Waals surface area contributed by atoms with E-state index in [0.29, 0.717) is 0 Å². The maximum Gasteiger partial charge on any atom is 0.0642 e. The largest absolute Gasteiger partial charge is 0.261 e. The zero-order chi connectivity index (χ0) is 10.4. The van der Waals surface area contributed by atoms with Crippen molar-refractivity contribution in [1.29, 1.82) is 0 Å². The van der Waals surface area contributed by atoms with Gasteiger partial charge < -0.3 is 0 Å². The molecule has 0 radical (unpaired) electrons. The van der Waals surface area contributed by atoms with Crippen molar-refractivity contribution in [2.45, 2.75) is 51.9 Å². The predicted octanol–water partition coefficient (Wildman–Crippen LogP) is 3.33. The lowest BCUT2D eigenvalue weighted by Crippen LogP contribution is -2.18. The molecule has 1 rings (SSSR count). The molecule has 0 saturated carbocycles. The molecule has 78 valence electrons. The van der Waals surface area contributed by atoms with Crippen LogP contribution in [0.5, 0.6) is 0 Å². The minimum absolute atomic E-state index is 0.170. The number of aromatic nitrogens is 2. The van der Waals surface area contributed by atoms with Gasteiger partial charge in [0.05, 0.1) is 5.69 Å². The van der Waals surface area contributed by atoms with Crippen molar-refractivity contribution in [3.05, 3.63) is 24.3 Å². The van der Waals surface area contributed by atoms with E-state index in [0.717, 1.165) is 5.69 Å². The van der Waals surface area contributed by atoms with E-state index >= 15 is 0 Å². The van der Waals surface area contributed by atoms with E-state index < -0.39 is 0 Å². The van der Waals surface area contributed by atoms with Crippen molar-refractivity contribution in [3.8, 4) is 0 Å². The second kappa shape index (κ2) is 5.08. The Morgan fingerprint density at radius 1 is 1.21 bits per heavy atom. The lowest BCUT2D eigenvalue weighted by molar-refractivity contribution is 0.437. The molecule has 0 amide bonds. The summed E-state index contributed by atoms with van der Waals surface area (Å²) in [5, 5.41) is 0. The molecule has 0 aliphatic rings. The molecule has 2 heteroatoms. The number of hydrogen-bond donors (Lipinski definition) is 0. The Hall–Kier alpha value is -0.920. The Balaban J connectivity index is 2.56. The number of hydrogen-bond acceptors (Lipinski definition) is 2. The van der Waals surface area contributed by atoms with E-state index in [-0.39, 0.29) is 5.41 Å². The Labute approximate surface area is 86.8 Å². The summed E-state index contributed by atoms with van der Waals surface area (Å²) in [5.41, 5.74) is 1.28. The molecule has 0 N–H and O–H groups in total. The van der Waals surface area contributed by atoms with Gasteiger partial charge in [0.15, 0.2) is 0 Å². The van der Waals surface area contributed by atoms with E-state index in [1.807, 2.05) is 6.20 Å². The van der Waals surface area contributed by atoms with Crippen LogP contribution in [0.4, 0.5) is 0 Å². The zero-order valence-corrected chi connectivity index (χ0v) is 9.45. The fourth-order valence-electron chi connectivity index (χ4n) is 1.59. The Morgan fingerprint density at radius 3 is 2.57 bits per heavy atom. The molecule has 0 saturated heterocycles. The van der Waals surface area contributed by atoms with Crippen molar-refractivity contribution in [2.75, 3.05) is 0 Å². The van der Waals surface area contributed by atoms with Crippen LogP contribution in [0, 0.1) is 0 Å². The van der Waals surface area contributed by atoms with Gasteiger partial charge in [-0.1, -0.05) is 40.0 Å². The summed E-state index contributed by atoms with van der Waals surface area (Å²) in [6.45, 7) is 6.72. The van der Waals surface area contributed by atoms with E-state index in [1.54, 1.807) is 12.4 Å². The molecule has 0 bridgehead atoms. The standard InChI is InChI=1S/C12H20N2/c1-4-5-6-7-12(2,3)11-10-13-8-9-14-11/h8-10H,4-7H2,1-3H3. The topological polar surface area (TPSA) is 25.8 Å². The summed E-state index contributed by atoms with van der Waals surface area (Å²) in [6, 6.07) is 0. The molecule has 1 heterocycles. The average Bonchev–Trinajstić information content (AvgIpc) is 2.19. The van der Waals surface area contributed by atoms with Gasteiger partial charge in [0, 0.05) is 24.0 Å². The van der Waals surface area contributed by atoms with Gasteiger partial charge in [0.25, 0.3) is 0 Å². The molecular weight excluding hydrogens is 172 g/mol. The van der Waals surface area contributed by atoms with Gasteiger partial charge >= 0.3 is 0 Å². The highest BCUT2D eigenvalue weighted by molar-refractivity contribution is 5.09.